The fourth-order valence-corrected chi connectivity index (χ4v) is 2.64. The first-order valence-electron chi connectivity index (χ1n) is 7.36. The van der Waals surface area contributed by atoms with Crippen LogP contribution in [0, 0.1) is 5.92 Å². The van der Waals surface area contributed by atoms with Crippen molar-refractivity contribution >= 4 is 11.1 Å². The minimum Gasteiger partial charge on any atom is -0.405 e. The maximum atomic E-state index is 12.7. The molecular formula is C15H18N2O5. The summed E-state index contributed by atoms with van der Waals surface area (Å²) in [5.41, 5.74) is -0.880. The Balaban J connectivity index is 2.42. The summed E-state index contributed by atoms with van der Waals surface area (Å²) >= 11 is 0. The molecule has 118 valence electrons. The lowest BCUT2D eigenvalue weighted by Gasteiger charge is -2.13. The van der Waals surface area contributed by atoms with Crippen molar-refractivity contribution < 1.29 is 9.15 Å². The summed E-state index contributed by atoms with van der Waals surface area (Å²) in [7, 11) is 1.44. The van der Waals surface area contributed by atoms with E-state index in [9.17, 15) is 14.4 Å². The molecule has 0 amide bonds. The van der Waals surface area contributed by atoms with E-state index < -0.39 is 11.3 Å². The van der Waals surface area contributed by atoms with Crippen LogP contribution in [0.25, 0.3) is 11.1 Å². The van der Waals surface area contributed by atoms with Crippen LogP contribution in [-0.4, -0.2) is 16.2 Å². The Kier molecular flexibility index (Phi) is 3.74. The predicted molar refractivity (Wildman–Crippen MR) is 80.1 cm³/mol. The molecular weight excluding hydrogens is 288 g/mol. The summed E-state index contributed by atoms with van der Waals surface area (Å²) in [4.78, 5) is 36.9. The number of ether oxygens (including phenoxy) is 1. The van der Waals surface area contributed by atoms with E-state index in [2.05, 4.69) is 0 Å². The fourth-order valence-electron chi connectivity index (χ4n) is 2.64. The number of aromatic nitrogens is 2. The van der Waals surface area contributed by atoms with Crippen LogP contribution in [-0.2, 0) is 24.4 Å². The second-order valence-corrected chi connectivity index (χ2v) is 5.61. The maximum absolute atomic E-state index is 12.7. The molecule has 7 heteroatoms. The minimum absolute atomic E-state index is 0.00625. The van der Waals surface area contributed by atoms with Crippen molar-refractivity contribution in [3.63, 3.8) is 0 Å². The van der Waals surface area contributed by atoms with Crippen LogP contribution < -0.4 is 16.9 Å². The first kappa shape index (κ1) is 14.8. The van der Waals surface area contributed by atoms with Crippen LogP contribution in [0.2, 0.25) is 0 Å². The van der Waals surface area contributed by atoms with Crippen molar-refractivity contribution in [3.8, 4) is 0 Å². The number of hydrogen-bond donors (Lipinski definition) is 0. The van der Waals surface area contributed by atoms with Gasteiger partial charge >= 0.3 is 11.3 Å². The zero-order chi connectivity index (χ0) is 15.9. The first-order valence-corrected chi connectivity index (χ1v) is 7.36. The zero-order valence-electron chi connectivity index (χ0n) is 12.6. The van der Waals surface area contributed by atoms with Crippen molar-refractivity contribution in [1.29, 1.82) is 0 Å². The Hall–Kier alpha value is -2.15. The van der Waals surface area contributed by atoms with Gasteiger partial charge in [-0.25, -0.2) is 14.2 Å². The van der Waals surface area contributed by atoms with Crippen molar-refractivity contribution in [2.45, 2.75) is 39.5 Å². The zero-order valence-corrected chi connectivity index (χ0v) is 12.6. The second-order valence-electron chi connectivity index (χ2n) is 5.61. The molecule has 0 saturated heterocycles. The molecule has 3 rings (SSSR count). The molecule has 2 heterocycles. The summed E-state index contributed by atoms with van der Waals surface area (Å²) in [6, 6.07) is 1.31. The van der Waals surface area contributed by atoms with Crippen LogP contribution in [0.15, 0.2) is 24.9 Å². The topological polar surface area (TPSA) is 83.4 Å². The largest absolute Gasteiger partial charge is 0.405 e. The van der Waals surface area contributed by atoms with Crippen LogP contribution in [0.3, 0.4) is 0 Å². The van der Waals surface area contributed by atoms with Gasteiger partial charge in [0.15, 0.2) is 0 Å². The normalized spacial score (nSPS) is 14.6. The number of methoxy groups -OCH3 is 1. The van der Waals surface area contributed by atoms with Crippen LogP contribution in [0.4, 0.5) is 0 Å². The van der Waals surface area contributed by atoms with Crippen LogP contribution in [0.5, 0.6) is 0 Å². The molecule has 22 heavy (non-hydrogen) atoms. The smallest absolute Gasteiger partial charge is 0.337 e. The van der Waals surface area contributed by atoms with Gasteiger partial charge in [0.2, 0.25) is 5.71 Å². The van der Waals surface area contributed by atoms with Gasteiger partial charge < -0.3 is 9.15 Å². The third kappa shape index (κ3) is 2.41. The maximum Gasteiger partial charge on any atom is 0.337 e. The summed E-state index contributed by atoms with van der Waals surface area (Å²) in [6.45, 7) is 2.18. The molecule has 0 aliphatic heterocycles. The van der Waals surface area contributed by atoms with Crippen molar-refractivity contribution in [3.05, 3.63) is 42.9 Å². The lowest BCUT2D eigenvalue weighted by molar-refractivity contribution is 0.125. The molecule has 2 aromatic heterocycles. The Morgan fingerprint density at radius 3 is 2.59 bits per heavy atom. The Labute approximate surface area is 125 Å². The Morgan fingerprint density at radius 2 is 2.00 bits per heavy atom. The number of aryl methyl sites for hydroxylation is 1. The first-order chi connectivity index (χ1) is 10.6. The molecule has 0 atom stereocenters. The highest BCUT2D eigenvalue weighted by Gasteiger charge is 2.26. The molecule has 0 aromatic carbocycles. The minimum atomic E-state index is -0.576. The Morgan fingerprint density at radius 1 is 1.27 bits per heavy atom. The SMILES string of the molecule is CCc1cc(=O)oc2c1c(=O)n(CC1CC1)c(=O)n2COC. The third-order valence-electron chi connectivity index (χ3n) is 3.97. The molecule has 1 aliphatic rings. The van der Waals surface area contributed by atoms with Gasteiger partial charge in [0.1, 0.15) is 12.1 Å². The quantitative estimate of drug-likeness (QED) is 0.811. The number of hydrogen-bond acceptors (Lipinski definition) is 5. The number of fused-ring (bicyclic) bond motifs is 1. The van der Waals surface area contributed by atoms with E-state index in [1.807, 2.05) is 6.92 Å². The van der Waals surface area contributed by atoms with Gasteiger partial charge in [-0.1, -0.05) is 6.92 Å². The molecule has 0 unspecified atom stereocenters. The molecule has 1 fully saturated rings. The number of nitrogens with zero attached hydrogens (tertiary/aromatic N) is 2. The second kappa shape index (κ2) is 5.57. The van der Waals surface area contributed by atoms with E-state index >= 15 is 0 Å². The lowest BCUT2D eigenvalue weighted by Crippen LogP contribution is -2.41. The van der Waals surface area contributed by atoms with Crippen LogP contribution in [0.1, 0.15) is 25.3 Å². The lowest BCUT2D eigenvalue weighted by atomic mass is 10.1. The molecule has 7 nitrogen and oxygen atoms in total. The average molecular weight is 306 g/mol. The molecule has 2 aromatic rings. The highest BCUT2D eigenvalue weighted by molar-refractivity contribution is 5.76. The van der Waals surface area contributed by atoms with E-state index in [0.29, 0.717) is 29.8 Å². The molecule has 1 saturated carbocycles. The highest BCUT2D eigenvalue weighted by Crippen LogP contribution is 2.29. The molecule has 0 N–H and O–H groups in total. The van der Waals surface area contributed by atoms with Crippen LogP contribution >= 0.6 is 0 Å². The van der Waals surface area contributed by atoms with Gasteiger partial charge in [-0.2, -0.15) is 0 Å². The van der Waals surface area contributed by atoms with E-state index in [0.717, 1.165) is 12.8 Å². The van der Waals surface area contributed by atoms with Gasteiger partial charge in [-0.05, 0) is 30.7 Å². The van der Waals surface area contributed by atoms with Gasteiger partial charge in [0, 0.05) is 19.7 Å². The standard InChI is InChI=1S/C15H18N2O5/c1-3-10-6-11(18)22-14-12(10)13(19)16(7-9-4-5-9)15(20)17(14)8-21-2/h6,9H,3-5,7-8H2,1-2H3. The van der Waals surface area contributed by atoms with E-state index in [1.54, 1.807) is 0 Å². The van der Waals surface area contributed by atoms with Gasteiger partial charge in [0.25, 0.3) is 5.56 Å². The summed E-state index contributed by atoms with van der Waals surface area (Å²) < 4.78 is 12.6. The fraction of sp³-hybridized carbons (Fsp3) is 0.533. The molecule has 0 spiro atoms. The van der Waals surface area contributed by atoms with Crippen molar-refractivity contribution in [2.24, 2.45) is 5.92 Å². The third-order valence-corrected chi connectivity index (χ3v) is 3.97. The van der Waals surface area contributed by atoms with Gasteiger partial charge in [0.05, 0.1) is 0 Å². The van der Waals surface area contributed by atoms with E-state index in [-0.39, 0.29) is 18.0 Å². The Bertz CT molecular complexity index is 886. The van der Waals surface area contributed by atoms with Crippen molar-refractivity contribution in [1.82, 2.24) is 9.13 Å². The van der Waals surface area contributed by atoms with Gasteiger partial charge in [-0.15, -0.1) is 0 Å². The monoisotopic (exact) mass is 306 g/mol. The predicted octanol–water partition coefficient (Wildman–Crippen LogP) is 0.693. The number of rotatable bonds is 5. The summed E-state index contributed by atoms with van der Waals surface area (Å²) in [6.07, 6.45) is 2.56. The van der Waals surface area contributed by atoms with E-state index in [1.165, 1.54) is 22.3 Å². The average Bonchev–Trinajstić information content (AvgIpc) is 3.31. The van der Waals surface area contributed by atoms with Gasteiger partial charge in [-0.3, -0.25) is 9.36 Å². The highest BCUT2D eigenvalue weighted by atomic mass is 16.5. The van der Waals surface area contributed by atoms with E-state index in [4.69, 9.17) is 9.15 Å². The van der Waals surface area contributed by atoms with Crippen molar-refractivity contribution in [2.75, 3.05) is 7.11 Å². The summed E-state index contributed by atoms with van der Waals surface area (Å²) in [5.74, 6) is 0.375. The molecule has 0 bridgehead atoms. The molecule has 0 radical (unpaired) electrons. The molecule has 1 aliphatic carbocycles. The summed E-state index contributed by atoms with van der Waals surface area (Å²) in [5, 5.41) is 0.291.